The van der Waals surface area contributed by atoms with Crippen molar-refractivity contribution in [3.63, 3.8) is 0 Å². The van der Waals surface area contributed by atoms with Gasteiger partial charge >= 0.3 is 0 Å². The molecule has 1 aromatic heterocycles. The Labute approximate surface area is 205 Å². The fourth-order valence-corrected chi connectivity index (χ4v) is 5.19. The summed E-state index contributed by atoms with van der Waals surface area (Å²) in [5.74, 6) is 0.335. The number of hydrogen-bond acceptors (Lipinski definition) is 7. The van der Waals surface area contributed by atoms with Gasteiger partial charge in [0.2, 0.25) is 10.0 Å². The van der Waals surface area contributed by atoms with Crippen molar-refractivity contribution in [1.82, 2.24) is 19.5 Å². The number of nitrogens with zero attached hydrogens (tertiary/aromatic N) is 4. The molecule has 0 amide bonds. The molecule has 4 rings (SSSR count). The van der Waals surface area contributed by atoms with Crippen LogP contribution in [0, 0.1) is 22.9 Å². The first-order chi connectivity index (χ1) is 16.7. The first-order valence-corrected chi connectivity index (χ1v) is 12.8. The number of nitro groups is 1. The fraction of sp³-hybridized carbons (Fsp3) is 0.130. The Morgan fingerprint density at radius 1 is 1.06 bits per heavy atom. The molecule has 35 heavy (non-hydrogen) atoms. The van der Waals surface area contributed by atoms with E-state index in [1.165, 1.54) is 36.0 Å². The van der Waals surface area contributed by atoms with Crippen LogP contribution in [0.15, 0.2) is 82.8 Å². The number of aromatic nitrogens is 3. The van der Waals surface area contributed by atoms with Crippen molar-refractivity contribution in [2.45, 2.75) is 29.3 Å². The molecule has 1 N–H and O–H groups in total. The van der Waals surface area contributed by atoms with Crippen LogP contribution >= 0.6 is 11.8 Å². The van der Waals surface area contributed by atoms with Gasteiger partial charge in [-0.1, -0.05) is 41.6 Å². The molecule has 9 nitrogen and oxygen atoms in total. The molecule has 0 saturated carbocycles. The minimum atomic E-state index is -3.94. The summed E-state index contributed by atoms with van der Waals surface area (Å²) in [7, 11) is -3.94. The predicted molar refractivity (Wildman–Crippen MR) is 129 cm³/mol. The van der Waals surface area contributed by atoms with Gasteiger partial charge in [-0.2, -0.15) is 0 Å². The summed E-state index contributed by atoms with van der Waals surface area (Å²) in [5, 5.41) is 19.9. The lowest BCUT2D eigenvalue weighted by molar-refractivity contribution is -0.384. The van der Waals surface area contributed by atoms with Crippen molar-refractivity contribution in [3.05, 3.63) is 106 Å². The number of non-ortho nitro benzene ring substituents is 1. The zero-order chi connectivity index (χ0) is 25.0. The van der Waals surface area contributed by atoms with Crippen LogP contribution in [0.2, 0.25) is 0 Å². The molecular weight excluding hydrogens is 493 g/mol. The summed E-state index contributed by atoms with van der Waals surface area (Å²) >= 11 is 1.40. The lowest BCUT2D eigenvalue weighted by atomic mass is 10.2. The van der Waals surface area contributed by atoms with Crippen LogP contribution in [-0.4, -0.2) is 28.1 Å². The summed E-state index contributed by atoms with van der Waals surface area (Å²) in [6, 6.07) is 18.3. The Balaban J connectivity index is 1.63. The second-order valence-electron chi connectivity index (χ2n) is 7.56. The van der Waals surface area contributed by atoms with Crippen molar-refractivity contribution < 1.29 is 17.7 Å². The molecule has 0 atom stereocenters. The maximum atomic E-state index is 13.2. The molecule has 4 aromatic rings. The normalized spacial score (nSPS) is 11.5. The number of halogens is 1. The maximum absolute atomic E-state index is 13.2. The number of sulfonamides is 1. The molecule has 0 aliphatic heterocycles. The van der Waals surface area contributed by atoms with E-state index in [4.69, 9.17) is 0 Å². The van der Waals surface area contributed by atoms with Crippen LogP contribution in [0.25, 0.3) is 5.69 Å². The van der Waals surface area contributed by atoms with Gasteiger partial charge in [0, 0.05) is 23.6 Å². The highest BCUT2D eigenvalue weighted by Crippen LogP contribution is 2.27. The smallest absolute Gasteiger partial charge is 0.269 e. The van der Waals surface area contributed by atoms with E-state index in [1.807, 2.05) is 25.1 Å². The van der Waals surface area contributed by atoms with Crippen molar-refractivity contribution in [1.29, 1.82) is 0 Å². The molecule has 0 saturated heterocycles. The first kappa shape index (κ1) is 24.5. The van der Waals surface area contributed by atoms with Crippen LogP contribution in [0.3, 0.4) is 0 Å². The van der Waals surface area contributed by atoms with E-state index in [-0.39, 0.29) is 23.0 Å². The molecule has 0 fully saturated rings. The maximum Gasteiger partial charge on any atom is 0.269 e. The topological polar surface area (TPSA) is 120 Å². The van der Waals surface area contributed by atoms with Crippen LogP contribution in [0.1, 0.15) is 17.0 Å². The third-order valence-corrected chi connectivity index (χ3v) is 7.43. The zero-order valence-corrected chi connectivity index (χ0v) is 20.1. The van der Waals surface area contributed by atoms with Gasteiger partial charge < -0.3 is 0 Å². The highest BCUT2D eigenvalue weighted by atomic mass is 32.2. The molecule has 0 aliphatic carbocycles. The Bertz CT molecular complexity index is 1460. The monoisotopic (exact) mass is 513 g/mol. The highest BCUT2D eigenvalue weighted by molar-refractivity contribution is 7.98. The van der Waals surface area contributed by atoms with Crippen LogP contribution in [0.4, 0.5) is 10.1 Å². The average Bonchev–Trinajstić information content (AvgIpc) is 3.25. The minimum absolute atomic E-state index is 0.0747. The molecular formula is C23H20FN5O4S2. The summed E-state index contributed by atoms with van der Waals surface area (Å²) in [5.41, 5.74) is 2.67. The van der Waals surface area contributed by atoms with Gasteiger partial charge in [-0.15, -0.1) is 10.2 Å². The van der Waals surface area contributed by atoms with E-state index >= 15 is 0 Å². The van der Waals surface area contributed by atoms with E-state index < -0.39 is 20.8 Å². The number of benzene rings is 3. The van der Waals surface area contributed by atoms with Gasteiger partial charge in [0.25, 0.3) is 5.69 Å². The van der Waals surface area contributed by atoms with Gasteiger partial charge in [-0.25, -0.2) is 17.5 Å². The lowest BCUT2D eigenvalue weighted by Gasteiger charge is -2.11. The van der Waals surface area contributed by atoms with E-state index in [1.54, 1.807) is 16.7 Å². The predicted octanol–water partition coefficient (Wildman–Crippen LogP) is 4.39. The van der Waals surface area contributed by atoms with Gasteiger partial charge in [-0.3, -0.25) is 14.7 Å². The van der Waals surface area contributed by atoms with Crippen LogP contribution in [-0.2, 0) is 22.3 Å². The van der Waals surface area contributed by atoms with Crippen molar-refractivity contribution in [3.8, 4) is 5.69 Å². The quantitative estimate of drug-likeness (QED) is 0.200. The molecule has 12 heteroatoms. The van der Waals surface area contributed by atoms with Gasteiger partial charge in [0.15, 0.2) is 11.0 Å². The molecule has 0 spiro atoms. The Kier molecular flexibility index (Phi) is 7.24. The average molecular weight is 514 g/mol. The zero-order valence-electron chi connectivity index (χ0n) is 18.5. The number of nitro benzene ring substituents is 1. The number of aryl methyl sites for hydroxylation is 1. The van der Waals surface area contributed by atoms with Gasteiger partial charge in [0.1, 0.15) is 5.82 Å². The van der Waals surface area contributed by atoms with E-state index in [0.29, 0.717) is 16.6 Å². The SMILES string of the molecule is Cc1cccc(CSc2nnc(CNS(=O)(=O)c3ccc(F)cc3)n2-c2ccc([N+](=O)[O-])cc2)c1. The van der Waals surface area contributed by atoms with Crippen molar-refractivity contribution in [2.75, 3.05) is 0 Å². The Morgan fingerprint density at radius 3 is 2.43 bits per heavy atom. The molecule has 0 aliphatic rings. The molecule has 0 unspecified atom stereocenters. The molecule has 3 aromatic carbocycles. The Morgan fingerprint density at radius 2 is 1.77 bits per heavy atom. The van der Waals surface area contributed by atoms with Crippen LogP contribution in [0.5, 0.6) is 0 Å². The van der Waals surface area contributed by atoms with Crippen molar-refractivity contribution >= 4 is 27.5 Å². The standard InChI is InChI=1S/C23H20FN5O4S2/c1-16-3-2-4-17(13-16)15-34-23-27-26-22(28(23)19-7-9-20(10-8-19)29(30)31)14-25-35(32,33)21-11-5-18(24)6-12-21/h2-13,25H,14-15H2,1H3. The van der Waals surface area contributed by atoms with Crippen molar-refractivity contribution in [2.24, 2.45) is 0 Å². The minimum Gasteiger partial charge on any atom is -0.273 e. The summed E-state index contributed by atoms with van der Waals surface area (Å²) in [4.78, 5) is 10.5. The molecule has 0 radical (unpaired) electrons. The number of hydrogen-bond donors (Lipinski definition) is 1. The first-order valence-electron chi connectivity index (χ1n) is 10.4. The largest absolute Gasteiger partial charge is 0.273 e. The fourth-order valence-electron chi connectivity index (χ4n) is 3.30. The van der Waals surface area contributed by atoms with E-state index in [0.717, 1.165) is 23.3 Å². The molecule has 0 bridgehead atoms. The summed E-state index contributed by atoms with van der Waals surface area (Å²) in [6.45, 7) is 1.80. The van der Waals surface area contributed by atoms with E-state index in [9.17, 15) is 22.9 Å². The highest BCUT2D eigenvalue weighted by Gasteiger charge is 2.20. The van der Waals surface area contributed by atoms with E-state index in [2.05, 4.69) is 21.0 Å². The van der Waals surface area contributed by atoms with Gasteiger partial charge in [0.05, 0.1) is 16.4 Å². The molecule has 1 heterocycles. The second kappa shape index (κ2) is 10.3. The summed E-state index contributed by atoms with van der Waals surface area (Å²) < 4.78 is 42.6. The molecule has 180 valence electrons. The third kappa shape index (κ3) is 5.91. The lowest BCUT2D eigenvalue weighted by Crippen LogP contribution is -2.25. The summed E-state index contributed by atoms with van der Waals surface area (Å²) in [6.07, 6.45) is 0. The Hall–Kier alpha value is -3.61. The number of thioether (sulfide) groups is 1. The van der Waals surface area contributed by atoms with Gasteiger partial charge in [-0.05, 0) is 48.9 Å². The number of rotatable bonds is 9. The number of nitrogens with one attached hydrogen (secondary N) is 1. The van der Waals surface area contributed by atoms with Crippen LogP contribution < -0.4 is 4.72 Å². The second-order valence-corrected chi connectivity index (χ2v) is 10.3. The third-order valence-electron chi connectivity index (χ3n) is 5.01.